The summed E-state index contributed by atoms with van der Waals surface area (Å²) < 4.78 is 11.7. The molecule has 7 heteroatoms. The molecular weight excluding hydrogens is 322 g/mol. The number of carbonyl (C=O) groups excluding carboxylic acids is 2. The zero-order valence-corrected chi connectivity index (χ0v) is 13.7. The lowest BCUT2D eigenvalue weighted by Crippen LogP contribution is -2.02. The molecular formula is C18H15N3O4. The molecule has 7 nitrogen and oxygen atoms in total. The second kappa shape index (κ2) is 6.96. The normalized spacial score (nSPS) is 10.3. The van der Waals surface area contributed by atoms with Crippen molar-refractivity contribution in [3.8, 4) is 28.4 Å². The molecule has 25 heavy (non-hydrogen) atoms. The summed E-state index contributed by atoms with van der Waals surface area (Å²) in [5.74, 6) is 0.0946. The molecule has 2 aromatic carbocycles. The van der Waals surface area contributed by atoms with Crippen LogP contribution < -0.4 is 9.47 Å². The highest BCUT2D eigenvalue weighted by Crippen LogP contribution is 2.23. The van der Waals surface area contributed by atoms with E-state index in [1.807, 2.05) is 12.1 Å². The van der Waals surface area contributed by atoms with E-state index in [0.29, 0.717) is 22.9 Å². The van der Waals surface area contributed by atoms with E-state index < -0.39 is 5.97 Å². The van der Waals surface area contributed by atoms with Gasteiger partial charge in [-0.2, -0.15) is 0 Å². The average molecular weight is 337 g/mol. The van der Waals surface area contributed by atoms with Crippen molar-refractivity contribution in [1.82, 2.24) is 15.0 Å². The van der Waals surface area contributed by atoms with E-state index in [1.54, 1.807) is 47.3 Å². The summed E-state index contributed by atoms with van der Waals surface area (Å²) in [7, 11) is 0. The van der Waals surface area contributed by atoms with Gasteiger partial charge in [0.2, 0.25) is 0 Å². The number of aromatic nitrogens is 3. The van der Waals surface area contributed by atoms with Gasteiger partial charge in [-0.25, -0.2) is 4.68 Å². The van der Waals surface area contributed by atoms with E-state index in [2.05, 4.69) is 10.3 Å². The number of rotatable bonds is 4. The van der Waals surface area contributed by atoms with Crippen molar-refractivity contribution in [2.24, 2.45) is 0 Å². The van der Waals surface area contributed by atoms with Gasteiger partial charge in [-0.1, -0.05) is 23.4 Å². The maximum Gasteiger partial charge on any atom is 0.308 e. The fraction of sp³-hybridized carbons (Fsp3) is 0.111. The Bertz CT molecular complexity index is 859. The molecule has 1 aromatic heterocycles. The molecule has 126 valence electrons. The Morgan fingerprint density at radius 1 is 0.920 bits per heavy atom. The molecule has 0 unspecified atom stereocenters. The van der Waals surface area contributed by atoms with Crippen molar-refractivity contribution < 1.29 is 19.1 Å². The van der Waals surface area contributed by atoms with Gasteiger partial charge < -0.3 is 9.47 Å². The van der Waals surface area contributed by atoms with Gasteiger partial charge >= 0.3 is 11.9 Å². The Labute approximate surface area is 143 Å². The van der Waals surface area contributed by atoms with Crippen molar-refractivity contribution in [2.45, 2.75) is 13.8 Å². The molecule has 0 aliphatic carbocycles. The van der Waals surface area contributed by atoms with Crippen molar-refractivity contribution in [3.05, 3.63) is 54.7 Å². The highest BCUT2D eigenvalue weighted by Gasteiger charge is 2.08. The second-order valence-electron chi connectivity index (χ2n) is 5.26. The molecule has 0 bridgehead atoms. The summed E-state index contributed by atoms with van der Waals surface area (Å²) in [4.78, 5) is 22.1. The van der Waals surface area contributed by atoms with E-state index >= 15 is 0 Å². The molecule has 0 amide bonds. The fourth-order valence-corrected chi connectivity index (χ4v) is 2.26. The molecule has 0 aliphatic heterocycles. The minimum Gasteiger partial charge on any atom is -0.427 e. The van der Waals surface area contributed by atoms with Gasteiger partial charge in [-0.3, -0.25) is 9.59 Å². The quantitative estimate of drug-likeness (QED) is 0.538. The highest BCUT2D eigenvalue weighted by atomic mass is 16.5. The van der Waals surface area contributed by atoms with Gasteiger partial charge in [0.25, 0.3) is 0 Å². The van der Waals surface area contributed by atoms with Crippen LogP contribution in [0.1, 0.15) is 13.8 Å². The molecule has 3 rings (SSSR count). The topological polar surface area (TPSA) is 83.3 Å². The van der Waals surface area contributed by atoms with Gasteiger partial charge in [-0.15, -0.1) is 5.10 Å². The van der Waals surface area contributed by atoms with E-state index in [4.69, 9.17) is 9.47 Å². The van der Waals surface area contributed by atoms with E-state index in [0.717, 1.165) is 5.56 Å². The van der Waals surface area contributed by atoms with E-state index in [-0.39, 0.29) is 5.97 Å². The first-order valence-corrected chi connectivity index (χ1v) is 7.51. The molecule has 0 N–H and O–H groups in total. The van der Waals surface area contributed by atoms with Gasteiger partial charge in [0.05, 0.1) is 11.9 Å². The summed E-state index contributed by atoms with van der Waals surface area (Å²) in [6, 6.07) is 14.0. The van der Waals surface area contributed by atoms with Crippen LogP contribution in [0.25, 0.3) is 16.9 Å². The Hall–Kier alpha value is -3.48. The minimum atomic E-state index is -0.390. The lowest BCUT2D eigenvalue weighted by atomic mass is 10.1. The van der Waals surface area contributed by atoms with Gasteiger partial charge in [0.15, 0.2) is 0 Å². The van der Waals surface area contributed by atoms with E-state index in [1.165, 1.54) is 13.8 Å². The van der Waals surface area contributed by atoms with Gasteiger partial charge in [-0.05, 0) is 24.3 Å². The molecule has 0 radical (unpaired) electrons. The Kier molecular flexibility index (Phi) is 4.56. The zero-order chi connectivity index (χ0) is 17.8. The monoisotopic (exact) mass is 337 g/mol. The first-order chi connectivity index (χ1) is 12.0. The third-order valence-electron chi connectivity index (χ3n) is 3.23. The summed E-state index contributed by atoms with van der Waals surface area (Å²) in [6.45, 7) is 2.69. The number of hydrogen-bond acceptors (Lipinski definition) is 6. The highest BCUT2D eigenvalue weighted by molar-refractivity contribution is 5.71. The molecule has 0 spiro atoms. The summed E-state index contributed by atoms with van der Waals surface area (Å²) in [6.07, 6.45) is 1.74. The molecule has 0 atom stereocenters. The third-order valence-corrected chi connectivity index (χ3v) is 3.23. The maximum absolute atomic E-state index is 11.1. The van der Waals surface area contributed by atoms with Crippen LogP contribution >= 0.6 is 0 Å². The Morgan fingerprint density at radius 3 is 2.24 bits per heavy atom. The van der Waals surface area contributed by atoms with Crippen LogP contribution in [0.5, 0.6) is 11.5 Å². The van der Waals surface area contributed by atoms with Crippen molar-refractivity contribution >= 4 is 11.9 Å². The second-order valence-corrected chi connectivity index (χ2v) is 5.26. The predicted octanol–water partition coefficient (Wildman–Crippen LogP) is 2.78. The number of hydrogen-bond donors (Lipinski definition) is 0. The molecule has 0 aliphatic rings. The van der Waals surface area contributed by atoms with Crippen LogP contribution in [0, 0.1) is 0 Å². The minimum absolute atomic E-state index is 0.386. The van der Waals surface area contributed by atoms with Crippen LogP contribution in [-0.2, 0) is 9.59 Å². The number of benzene rings is 2. The fourth-order valence-electron chi connectivity index (χ4n) is 2.26. The summed E-state index contributed by atoms with van der Waals surface area (Å²) in [5, 5.41) is 8.23. The summed E-state index contributed by atoms with van der Waals surface area (Å²) >= 11 is 0. The van der Waals surface area contributed by atoms with Crippen LogP contribution in [0.4, 0.5) is 0 Å². The van der Waals surface area contributed by atoms with Crippen molar-refractivity contribution in [2.75, 3.05) is 0 Å². The average Bonchev–Trinajstić information content (AvgIpc) is 3.04. The van der Waals surface area contributed by atoms with Crippen LogP contribution in [0.3, 0.4) is 0 Å². The lowest BCUT2D eigenvalue weighted by Gasteiger charge is -2.04. The van der Waals surface area contributed by atoms with Crippen LogP contribution in [-0.4, -0.2) is 26.9 Å². The van der Waals surface area contributed by atoms with Gasteiger partial charge in [0.1, 0.15) is 17.2 Å². The van der Waals surface area contributed by atoms with Gasteiger partial charge in [0, 0.05) is 25.5 Å². The number of esters is 2. The van der Waals surface area contributed by atoms with Crippen LogP contribution in [0.2, 0.25) is 0 Å². The molecule has 3 aromatic rings. The molecule has 0 saturated carbocycles. The Balaban J connectivity index is 1.88. The number of carbonyl (C=O) groups is 2. The largest absolute Gasteiger partial charge is 0.427 e. The Morgan fingerprint density at radius 2 is 1.56 bits per heavy atom. The molecule has 0 fully saturated rings. The molecule has 0 saturated heterocycles. The lowest BCUT2D eigenvalue weighted by molar-refractivity contribution is -0.132. The van der Waals surface area contributed by atoms with E-state index in [9.17, 15) is 9.59 Å². The SMILES string of the molecule is CC(=O)Oc1cccc(-c2cn(-c3cccc(OC(C)=O)c3)nn2)c1. The number of nitrogens with zero attached hydrogens (tertiary/aromatic N) is 3. The zero-order valence-electron chi connectivity index (χ0n) is 13.7. The summed E-state index contributed by atoms with van der Waals surface area (Å²) in [5.41, 5.74) is 2.08. The van der Waals surface area contributed by atoms with Crippen LogP contribution in [0.15, 0.2) is 54.7 Å². The first-order valence-electron chi connectivity index (χ1n) is 7.51. The predicted molar refractivity (Wildman–Crippen MR) is 89.4 cm³/mol. The van der Waals surface area contributed by atoms with Crippen molar-refractivity contribution in [3.63, 3.8) is 0 Å². The van der Waals surface area contributed by atoms with Crippen molar-refractivity contribution in [1.29, 1.82) is 0 Å². The standard InChI is InChI=1S/C18H15N3O4/c1-12(22)24-16-7-3-5-14(9-16)18-11-21(20-19-18)15-6-4-8-17(10-15)25-13(2)23/h3-11H,1-2H3. The third kappa shape index (κ3) is 4.08. The maximum atomic E-state index is 11.1. The smallest absolute Gasteiger partial charge is 0.308 e. The first kappa shape index (κ1) is 16.4. The number of ether oxygens (including phenoxy) is 2. The molecule has 1 heterocycles.